The maximum absolute atomic E-state index is 3.86. The molecule has 2 aromatic heterocycles. The van der Waals surface area contributed by atoms with Crippen LogP contribution in [-0.4, -0.2) is 19.5 Å². The summed E-state index contributed by atoms with van der Waals surface area (Å²) in [6.45, 7) is 5.06. The van der Waals surface area contributed by atoms with Gasteiger partial charge < -0.3 is 9.55 Å². The van der Waals surface area contributed by atoms with Crippen LogP contribution in [-0.2, 0) is 6.54 Å². The van der Waals surface area contributed by atoms with Crippen LogP contribution in [0.25, 0.3) is 0 Å². The van der Waals surface area contributed by atoms with Crippen molar-refractivity contribution in [3.63, 3.8) is 0 Å². The lowest BCUT2D eigenvalue weighted by Gasteiger charge is -1.87. The van der Waals surface area contributed by atoms with Gasteiger partial charge in [0.1, 0.15) is 0 Å². The molecule has 0 aliphatic carbocycles. The second-order valence-corrected chi connectivity index (χ2v) is 2.63. The number of imidazole rings is 2. The van der Waals surface area contributed by atoms with E-state index in [0.29, 0.717) is 0 Å². The van der Waals surface area contributed by atoms with E-state index in [2.05, 4.69) is 21.9 Å². The summed E-state index contributed by atoms with van der Waals surface area (Å²) >= 11 is 0. The Hall–Kier alpha value is -1.58. The zero-order valence-electron chi connectivity index (χ0n) is 7.94. The molecule has 2 rings (SSSR count). The standard InChI is InChI=1S/C5H8N2.C4H6N2.2CH4/c1-2-7-4-3-6-5-7;1-4-2-5-3-6-4;;/h3-5H,2H2,1H3;2-3H,1H3,(H,5,6);2*1H4. The van der Waals surface area contributed by atoms with Crippen molar-refractivity contribution in [3.05, 3.63) is 36.9 Å². The van der Waals surface area contributed by atoms with Gasteiger partial charge in [-0.3, -0.25) is 0 Å². The first-order chi connectivity index (χ1) is 6.33. The maximum atomic E-state index is 3.86. The molecule has 0 radical (unpaired) electrons. The van der Waals surface area contributed by atoms with Gasteiger partial charge in [0.2, 0.25) is 0 Å². The van der Waals surface area contributed by atoms with Crippen molar-refractivity contribution in [2.24, 2.45) is 0 Å². The van der Waals surface area contributed by atoms with Crippen LogP contribution in [0.5, 0.6) is 0 Å². The molecule has 0 saturated carbocycles. The molecule has 0 fully saturated rings. The summed E-state index contributed by atoms with van der Waals surface area (Å²) in [6, 6.07) is 0. The van der Waals surface area contributed by atoms with Gasteiger partial charge in [-0.25, -0.2) is 9.97 Å². The van der Waals surface area contributed by atoms with Gasteiger partial charge in [0.05, 0.1) is 12.7 Å². The normalized spacial score (nSPS) is 7.87. The molecule has 0 bridgehead atoms. The van der Waals surface area contributed by atoms with Gasteiger partial charge in [-0.2, -0.15) is 0 Å². The van der Waals surface area contributed by atoms with E-state index < -0.39 is 0 Å². The summed E-state index contributed by atoms with van der Waals surface area (Å²) in [5, 5.41) is 0. The predicted octanol–water partition coefficient (Wildman–Crippen LogP) is 2.89. The summed E-state index contributed by atoms with van der Waals surface area (Å²) < 4.78 is 2.01. The van der Waals surface area contributed by atoms with E-state index in [1.807, 2.05) is 17.7 Å². The number of nitrogens with one attached hydrogen (secondary N) is 1. The van der Waals surface area contributed by atoms with Crippen LogP contribution in [0.1, 0.15) is 27.5 Å². The van der Waals surface area contributed by atoms with Crippen molar-refractivity contribution >= 4 is 0 Å². The Bertz CT molecular complexity index is 297. The Balaban J connectivity index is 0. The quantitative estimate of drug-likeness (QED) is 0.786. The summed E-state index contributed by atoms with van der Waals surface area (Å²) in [6.07, 6.45) is 8.97. The Morgan fingerprint density at radius 2 is 2.07 bits per heavy atom. The van der Waals surface area contributed by atoms with E-state index in [4.69, 9.17) is 0 Å². The van der Waals surface area contributed by atoms with Crippen molar-refractivity contribution in [2.75, 3.05) is 0 Å². The van der Waals surface area contributed by atoms with E-state index >= 15 is 0 Å². The Morgan fingerprint density at radius 3 is 2.27 bits per heavy atom. The van der Waals surface area contributed by atoms with Gasteiger partial charge in [0.25, 0.3) is 0 Å². The number of rotatable bonds is 1. The fourth-order valence-electron chi connectivity index (χ4n) is 0.799. The lowest BCUT2D eigenvalue weighted by Crippen LogP contribution is -1.85. The lowest BCUT2D eigenvalue weighted by molar-refractivity contribution is 0.761. The molecule has 0 aliphatic heterocycles. The first kappa shape index (κ1) is 15.9. The van der Waals surface area contributed by atoms with E-state index in [0.717, 1.165) is 12.2 Å². The molecule has 0 unspecified atom stereocenters. The summed E-state index contributed by atoms with van der Waals surface area (Å²) in [5.74, 6) is 0. The predicted molar refractivity (Wildman–Crippen MR) is 64.7 cm³/mol. The van der Waals surface area contributed by atoms with Gasteiger partial charge in [-0.05, 0) is 13.8 Å². The van der Waals surface area contributed by atoms with Gasteiger partial charge in [0.15, 0.2) is 0 Å². The third-order valence-electron chi connectivity index (χ3n) is 1.56. The Kier molecular flexibility index (Phi) is 9.52. The zero-order valence-corrected chi connectivity index (χ0v) is 7.94. The molecule has 0 amide bonds. The van der Waals surface area contributed by atoms with Crippen LogP contribution in [0.4, 0.5) is 0 Å². The fourth-order valence-corrected chi connectivity index (χ4v) is 0.799. The highest BCUT2D eigenvalue weighted by atomic mass is 15.0. The summed E-state index contributed by atoms with van der Waals surface area (Å²) in [5.41, 5.74) is 1.11. The number of H-pyrrole nitrogens is 1. The minimum atomic E-state index is 0. The molecule has 2 heterocycles. The number of nitrogens with zero attached hydrogens (tertiary/aromatic N) is 3. The molecule has 0 saturated heterocycles. The van der Waals surface area contributed by atoms with Crippen molar-refractivity contribution in [1.29, 1.82) is 0 Å². The van der Waals surface area contributed by atoms with Crippen LogP contribution in [0.2, 0.25) is 0 Å². The van der Waals surface area contributed by atoms with Crippen LogP contribution in [0.3, 0.4) is 0 Å². The minimum Gasteiger partial charge on any atom is -0.349 e. The molecule has 0 aliphatic rings. The number of aromatic nitrogens is 4. The highest BCUT2D eigenvalue weighted by Crippen LogP contribution is 1.81. The summed E-state index contributed by atoms with van der Waals surface area (Å²) in [7, 11) is 0. The molecule has 0 aromatic carbocycles. The zero-order chi connectivity index (χ0) is 9.52. The molecular formula is C11H22N4. The third kappa shape index (κ3) is 6.49. The van der Waals surface area contributed by atoms with E-state index in [9.17, 15) is 0 Å². The molecule has 2 aromatic rings. The highest BCUT2D eigenvalue weighted by molar-refractivity contribution is 4.87. The molecule has 15 heavy (non-hydrogen) atoms. The molecule has 86 valence electrons. The van der Waals surface area contributed by atoms with Crippen molar-refractivity contribution < 1.29 is 0 Å². The monoisotopic (exact) mass is 210 g/mol. The van der Waals surface area contributed by atoms with Crippen molar-refractivity contribution in [2.45, 2.75) is 35.2 Å². The second-order valence-electron chi connectivity index (χ2n) is 2.63. The smallest absolute Gasteiger partial charge is 0.0945 e. The van der Waals surface area contributed by atoms with E-state index in [-0.39, 0.29) is 14.9 Å². The van der Waals surface area contributed by atoms with Crippen LogP contribution < -0.4 is 0 Å². The van der Waals surface area contributed by atoms with Crippen molar-refractivity contribution in [1.82, 2.24) is 19.5 Å². The number of aromatic amines is 1. The number of hydrogen-bond donors (Lipinski definition) is 1. The Morgan fingerprint density at radius 1 is 1.33 bits per heavy atom. The number of hydrogen-bond acceptors (Lipinski definition) is 2. The van der Waals surface area contributed by atoms with Gasteiger partial charge in [-0.1, -0.05) is 14.9 Å². The van der Waals surface area contributed by atoms with Gasteiger partial charge >= 0.3 is 0 Å². The van der Waals surface area contributed by atoms with E-state index in [1.165, 1.54) is 0 Å². The topological polar surface area (TPSA) is 46.5 Å². The first-order valence-electron chi connectivity index (χ1n) is 4.23. The molecule has 4 nitrogen and oxygen atoms in total. The fraction of sp³-hybridized carbons (Fsp3) is 0.455. The average molecular weight is 210 g/mol. The van der Waals surface area contributed by atoms with Crippen molar-refractivity contribution in [3.8, 4) is 0 Å². The molecule has 1 N–H and O–H groups in total. The first-order valence-corrected chi connectivity index (χ1v) is 4.23. The second kappa shape index (κ2) is 8.99. The van der Waals surface area contributed by atoms with Crippen LogP contribution in [0, 0.1) is 6.92 Å². The molecule has 0 atom stereocenters. The summed E-state index contributed by atoms with van der Waals surface area (Å²) in [4.78, 5) is 10.5. The van der Waals surface area contributed by atoms with Gasteiger partial charge in [0, 0.05) is 30.8 Å². The molecular weight excluding hydrogens is 188 g/mol. The van der Waals surface area contributed by atoms with E-state index in [1.54, 1.807) is 25.0 Å². The SMILES string of the molecule is C.C.CCn1ccnc1.Cc1cnc[nH]1. The molecule has 4 heteroatoms. The van der Waals surface area contributed by atoms with Gasteiger partial charge in [-0.15, -0.1) is 0 Å². The highest BCUT2D eigenvalue weighted by Gasteiger charge is 1.77. The number of aryl methyl sites for hydroxylation is 2. The molecule has 0 spiro atoms. The minimum absolute atomic E-state index is 0. The Labute approximate surface area is 92.4 Å². The lowest BCUT2D eigenvalue weighted by atomic mass is 10.6. The van der Waals surface area contributed by atoms with Crippen LogP contribution in [0.15, 0.2) is 31.2 Å². The maximum Gasteiger partial charge on any atom is 0.0945 e. The van der Waals surface area contributed by atoms with Crippen LogP contribution >= 0.6 is 0 Å². The largest absolute Gasteiger partial charge is 0.349 e. The third-order valence-corrected chi connectivity index (χ3v) is 1.56. The average Bonchev–Trinajstić information content (AvgIpc) is 2.76.